The van der Waals surface area contributed by atoms with Crippen molar-refractivity contribution in [3.05, 3.63) is 28.8 Å². The molecule has 0 atom stereocenters. The summed E-state index contributed by atoms with van der Waals surface area (Å²) in [5.41, 5.74) is 5.60. The smallest absolute Gasteiger partial charge is 0.0555 e. The molecule has 0 amide bonds. The highest BCUT2D eigenvalue weighted by molar-refractivity contribution is 7.82. The first kappa shape index (κ1) is 13.6. The van der Waals surface area contributed by atoms with E-state index in [1.54, 1.807) is 11.1 Å². The summed E-state index contributed by atoms with van der Waals surface area (Å²) < 4.78 is 0. The number of hydrogen-bond donors (Lipinski definition) is 0. The van der Waals surface area contributed by atoms with Gasteiger partial charge in [0, 0.05) is 18.4 Å². The molecule has 2 aliphatic heterocycles. The van der Waals surface area contributed by atoms with E-state index in [2.05, 4.69) is 53.4 Å². The van der Waals surface area contributed by atoms with Crippen molar-refractivity contribution >= 4 is 12.6 Å². The van der Waals surface area contributed by atoms with Crippen LogP contribution in [0.25, 0.3) is 0 Å². The van der Waals surface area contributed by atoms with Crippen LogP contribution in [0.5, 0.6) is 0 Å². The highest BCUT2D eigenvalue weighted by Crippen LogP contribution is 2.65. The van der Waals surface area contributed by atoms with Crippen LogP contribution in [-0.2, 0) is 10.8 Å². The van der Waals surface area contributed by atoms with E-state index in [0.717, 1.165) is 0 Å². The Kier molecular flexibility index (Phi) is 2.76. The van der Waals surface area contributed by atoms with E-state index in [0.29, 0.717) is 10.8 Å². The normalized spacial score (nSPS) is 25.8. The van der Waals surface area contributed by atoms with Crippen LogP contribution in [-0.4, -0.2) is 19.0 Å². The molecule has 0 aromatic heterocycles. The van der Waals surface area contributed by atoms with E-state index in [-0.39, 0.29) is 0 Å². The first-order valence-corrected chi connectivity index (χ1v) is 10.3. The van der Waals surface area contributed by atoms with Crippen molar-refractivity contribution in [1.82, 2.24) is 0 Å². The standard InChI is InChI=1S/C18H28P/c1-13-11-14-16-15(12-13)18(4,5)8-10-19(16,6)9-7-17(14,2)3/h11-12H,7-10H2,1-6H3/q+1. The molecule has 0 aliphatic carbocycles. The van der Waals surface area contributed by atoms with E-state index in [9.17, 15) is 0 Å². The molecule has 0 radical (unpaired) electrons. The zero-order chi connectivity index (χ0) is 14.1. The highest BCUT2D eigenvalue weighted by atomic mass is 31.2. The van der Waals surface area contributed by atoms with Crippen molar-refractivity contribution in [3.8, 4) is 0 Å². The highest BCUT2D eigenvalue weighted by Gasteiger charge is 2.52. The van der Waals surface area contributed by atoms with Crippen LogP contribution in [0.15, 0.2) is 12.1 Å². The van der Waals surface area contributed by atoms with Crippen molar-refractivity contribution in [3.63, 3.8) is 0 Å². The average Bonchev–Trinajstić information content (AvgIpc) is 2.31. The second-order valence-corrected chi connectivity index (χ2v) is 12.5. The Hall–Kier alpha value is -0.350. The van der Waals surface area contributed by atoms with Gasteiger partial charge < -0.3 is 0 Å². The van der Waals surface area contributed by atoms with Gasteiger partial charge in [0.25, 0.3) is 0 Å². The molecule has 2 heterocycles. The zero-order valence-electron chi connectivity index (χ0n) is 13.4. The Balaban J connectivity index is 2.37. The molecule has 1 aromatic carbocycles. The van der Waals surface area contributed by atoms with Gasteiger partial charge >= 0.3 is 0 Å². The number of benzene rings is 1. The molecular weight excluding hydrogens is 247 g/mol. The van der Waals surface area contributed by atoms with Gasteiger partial charge in [-0.05, 0) is 30.6 Å². The van der Waals surface area contributed by atoms with Crippen molar-refractivity contribution in [2.75, 3.05) is 19.0 Å². The minimum Gasteiger partial charge on any atom is -0.0555 e. The monoisotopic (exact) mass is 275 g/mol. The van der Waals surface area contributed by atoms with Gasteiger partial charge in [-0.2, -0.15) is 0 Å². The van der Waals surface area contributed by atoms with E-state index in [4.69, 9.17) is 0 Å². The van der Waals surface area contributed by atoms with Gasteiger partial charge in [0.2, 0.25) is 0 Å². The summed E-state index contributed by atoms with van der Waals surface area (Å²) in [7, 11) is -0.865. The number of aryl methyl sites for hydroxylation is 1. The fraction of sp³-hybridized carbons (Fsp3) is 0.667. The van der Waals surface area contributed by atoms with Crippen LogP contribution in [0.4, 0.5) is 0 Å². The maximum atomic E-state index is 2.62. The molecule has 104 valence electrons. The summed E-state index contributed by atoms with van der Waals surface area (Å²) in [6.07, 6.45) is 5.71. The maximum absolute atomic E-state index is 2.62. The summed E-state index contributed by atoms with van der Waals surface area (Å²) in [5, 5.41) is 1.82. The second kappa shape index (κ2) is 3.85. The lowest BCUT2D eigenvalue weighted by atomic mass is 9.75. The summed E-state index contributed by atoms with van der Waals surface area (Å²) in [5.74, 6) is 0. The third kappa shape index (κ3) is 1.90. The van der Waals surface area contributed by atoms with Crippen molar-refractivity contribution in [2.45, 2.75) is 58.3 Å². The van der Waals surface area contributed by atoms with Crippen LogP contribution in [0.2, 0.25) is 0 Å². The van der Waals surface area contributed by atoms with Crippen molar-refractivity contribution < 1.29 is 0 Å². The first-order chi connectivity index (χ1) is 8.66. The summed E-state index contributed by atoms with van der Waals surface area (Å²) in [6, 6.07) is 5.00. The predicted molar refractivity (Wildman–Crippen MR) is 88.7 cm³/mol. The fourth-order valence-corrected chi connectivity index (χ4v) is 8.72. The predicted octanol–water partition coefficient (Wildman–Crippen LogP) is 4.63. The first-order valence-electron chi connectivity index (χ1n) is 7.67. The van der Waals surface area contributed by atoms with Gasteiger partial charge in [0.1, 0.15) is 5.30 Å². The Morgan fingerprint density at radius 1 is 0.895 bits per heavy atom. The molecule has 0 N–H and O–H groups in total. The Labute approximate surface area is 119 Å². The van der Waals surface area contributed by atoms with Crippen LogP contribution >= 0.6 is 7.26 Å². The zero-order valence-corrected chi connectivity index (χ0v) is 14.3. The Morgan fingerprint density at radius 3 is 1.74 bits per heavy atom. The lowest BCUT2D eigenvalue weighted by Gasteiger charge is -2.46. The second-order valence-electron chi connectivity index (χ2n) is 8.32. The molecule has 0 spiro atoms. The molecule has 0 fully saturated rings. The lowest BCUT2D eigenvalue weighted by molar-refractivity contribution is 0.478. The van der Waals surface area contributed by atoms with Crippen LogP contribution in [0.3, 0.4) is 0 Å². The van der Waals surface area contributed by atoms with Crippen molar-refractivity contribution in [1.29, 1.82) is 0 Å². The molecule has 0 nitrogen and oxygen atoms in total. The molecule has 0 saturated carbocycles. The molecular formula is C18H28P+. The van der Waals surface area contributed by atoms with Crippen LogP contribution in [0.1, 0.15) is 57.2 Å². The minimum atomic E-state index is -0.865. The largest absolute Gasteiger partial charge is 0.101 e. The molecule has 1 aromatic rings. The average molecular weight is 275 g/mol. The minimum absolute atomic E-state index is 0.378. The molecule has 2 aliphatic rings. The van der Waals surface area contributed by atoms with E-state index < -0.39 is 7.26 Å². The molecule has 0 saturated heterocycles. The molecule has 0 unspecified atom stereocenters. The van der Waals surface area contributed by atoms with Gasteiger partial charge in [-0.1, -0.05) is 45.4 Å². The summed E-state index contributed by atoms with van der Waals surface area (Å²) in [6.45, 7) is 14.7. The van der Waals surface area contributed by atoms with Gasteiger partial charge in [0.15, 0.2) is 0 Å². The van der Waals surface area contributed by atoms with E-state index in [1.165, 1.54) is 30.7 Å². The topological polar surface area (TPSA) is 0 Å². The summed E-state index contributed by atoms with van der Waals surface area (Å²) >= 11 is 0. The maximum Gasteiger partial charge on any atom is 0.101 e. The van der Waals surface area contributed by atoms with Crippen LogP contribution < -0.4 is 5.30 Å². The quantitative estimate of drug-likeness (QED) is 0.606. The van der Waals surface area contributed by atoms with Gasteiger partial charge in [0.05, 0.1) is 19.0 Å². The van der Waals surface area contributed by atoms with Crippen LogP contribution in [0, 0.1) is 6.92 Å². The fourth-order valence-electron chi connectivity index (χ4n) is 4.05. The van der Waals surface area contributed by atoms with E-state index >= 15 is 0 Å². The van der Waals surface area contributed by atoms with Gasteiger partial charge in [-0.15, -0.1) is 0 Å². The third-order valence-electron chi connectivity index (χ3n) is 5.71. The van der Waals surface area contributed by atoms with Crippen molar-refractivity contribution in [2.24, 2.45) is 0 Å². The third-order valence-corrected chi connectivity index (χ3v) is 9.70. The van der Waals surface area contributed by atoms with Gasteiger partial charge in [-0.3, -0.25) is 0 Å². The summed E-state index contributed by atoms with van der Waals surface area (Å²) in [4.78, 5) is 0. The molecule has 0 bridgehead atoms. The number of rotatable bonds is 0. The van der Waals surface area contributed by atoms with E-state index in [1.807, 2.05) is 5.30 Å². The molecule has 3 rings (SSSR count). The van der Waals surface area contributed by atoms with Gasteiger partial charge in [-0.25, -0.2) is 0 Å². The Morgan fingerprint density at radius 2 is 1.32 bits per heavy atom. The lowest BCUT2D eigenvalue weighted by Crippen LogP contribution is -2.44. The Bertz CT molecular complexity index is 496. The number of hydrogen-bond acceptors (Lipinski definition) is 0. The SMILES string of the molecule is Cc1cc2c3c(c1)C(C)(C)CC[P+]3(C)CCC2(C)C. The molecule has 19 heavy (non-hydrogen) atoms. The molecule has 1 heteroatoms.